The Balaban J connectivity index is 2.06. The van der Waals surface area contributed by atoms with Gasteiger partial charge in [-0.1, -0.05) is 31.2 Å². The number of rotatable bonds is 6. The second-order valence-electron chi connectivity index (χ2n) is 5.40. The molecule has 0 aliphatic rings. The molecule has 2 nitrogen and oxygen atoms in total. The van der Waals surface area contributed by atoms with E-state index in [0.717, 1.165) is 25.1 Å². The molecule has 2 heteroatoms. The number of aryl methyl sites for hydroxylation is 2. The lowest BCUT2D eigenvalue weighted by molar-refractivity contribution is 0.516. The first-order valence-corrected chi connectivity index (χ1v) is 7.38. The fourth-order valence-corrected chi connectivity index (χ4v) is 2.49. The Morgan fingerprint density at radius 1 is 1.05 bits per heavy atom. The Morgan fingerprint density at radius 3 is 2.55 bits per heavy atom. The van der Waals surface area contributed by atoms with Gasteiger partial charge in [0.05, 0.1) is 0 Å². The van der Waals surface area contributed by atoms with Crippen molar-refractivity contribution in [1.29, 1.82) is 0 Å². The lowest BCUT2D eigenvalue weighted by Crippen LogP contribution is -2.33. The highest BCUT2D eigenvalue weighted by molar-refractivity contribution is 5.30. The summed E-state index contributed by atoms with van der Waals surface area (Å²) in [5.41, 5.74) is 5.28. The van der Waals surface area contributed by atoms with E-state index in [1.807, 2.05) is 12.3 Å². The van der Waals surface area contributed by atoms with Gasteiger partial charge in [0, 0.05) is 24.4 Å². The number of benzene rings is 1. The summed E-state index contributed by atoms with van der Waals surface area (Å²) in [6.07, 6.45) is 3.89. The van der Waals surface area contributed by atoms with E-state index in [9.17, 15) is 0 Å². The molecule has 0 saturated heterocycles. The van der Waals surface area contributed by atoms with Crippen molar-refractivity contribution in [3.05, 3.63) is 65.0 Å². The molecular weight excluding hydrogens is 244 g/mol. The first kappa shape index (κ1) is 14.7. The van der Waals surface area contributed by atoms with Gasteiger partial charge < -0.3 is 5.32 Å². The van der Waals surface area contributed by atoms with Crippen LogP contribution >= 0.6 is 0 Å². The molecule has 0 aliphatic carbocycles. The third-order valence-electron chi connectivity index (χ3n) is 3.73. The second-order valence-corrected chi connectivity index (χ2v) is 5.40. The summed E-state index contributed by atoms with van der Waals surface area (Å²) in [6, 6.07) is 13.3. The van der Waals surface area contributed by atoms with Gasteiger partial charge in [0.15, 0.2) is 0 Å². The molecule has 1 atom stereocenters. The maximum Gasteiger partial charge on any atom is 0.0419 e. The summed E-state index contributed by atoms with van der Waals surface area (Å²) in [5, 5.41) is 3.57. The average Bonchev–Trinajstić information content (AvgIpc) is 2.44. The maximum absolute atomic E-state index is 4.43. The van der Waals surface area contributed by atoms with E-state index in [-0.39, 0.29) is 0 Å². The van der Waals surface area contributed by atoms with Gasteiger partial charge in [-0.3, -0.25) is 4.98 Å². The van der Waals surface area contributed by atoms with E-state index in [0.29, 0.717) is 6.04 Å². The van der Waals surface area contributed by atoms with Crippen LogP contribution in [0, 0.1) is 13.8 Å². The van der Waals surface area contributed by atoms with E-state index in [1.54, 1.807) is 0 Å². The third kappa shape index (κ3) is 4.17. The average molecular weight is 268 g/mol. The first-order valence-electron chi connectivity index (χ1n) is 7.38. The zero-order chi connectivity index (χ0) is 14.4. The molecule has 2 aromatic rings. The van der Waals surface area contributed by atoms with Crippen molar-refractivity contribution in [3.63, 3.8) is 0 Å². The molecule has 1 heterocycles. The Morgan fingerprint density at radius 2 is 1.90 bits per heavy atom. The molecule has 0 bridgehead atoms. The molecule has 0 amide bonds. The van der Waals surface area contributed by atoms with Gasteiger partial charge >= 0.3 is 0 Å². The molecule has 0 radical (unpaired) electrons. The zero-order valence-corrected chi connectivity index (χ0v) is 12.7. The van der Waals surface area contributed by atoms with Gasteiger partial charge in [0.25, 0.3) is 0 Å². The smallest absolute Gasteiger partial charge is 0.0419 e. The van der Waals surface area contributed by atoms with Crippen LogP contribution in [-0.4, -0.2) is 17.6 Å². The SMILES string of the molecule is CCNC(Cc1ccc(C)c(C)c1)Cc1ccccn1. The third-order valence-corrected chi connectivity index (χ3v) is 3.73. The first-order chi connectivity index (χ1) is 9.69. The molecule has 0 saturated carbocycles. The highest BCUT2D eigenvalue weighted by atomic mass is 14.9. The largest absolute Gasteiger partial charge is 0.314 e. The predicted molar refractivity (Wildman–Crippen MR) is 85.0 cm³/mol. The van der Waals surface area contributed by atoms with Crippen molar-refractivity contribution in [1.82, 2.24) is 10.3 Å². The van der Waals surface area contributed by atoms with Crippen LogP contribution in [0.15, 0.2) is 42.6 Å². The molecule has 1 aromatic heterocycles. The van der Waals surface area contributed by atoms with Gasteiger partial charge in [0.1, 0.15) is 0 Å². The summed E-state index contributed by atoms with van der Waals surface area (Å²) >= 11 is 0. The van der Waals surface area contributed by atoms with Crippen LogP contribution in [0.25, 0.3) is 0 Å². The Bertz CT molecular complexity index is 534. The second kappa shape index (κ2) is 7.20. The van der Waals surface area contributed by atoms with E-state index in [4.69, 9.17) is 0 Å². The van der Waals surface area contributed by atoms with Gasteiger partial charge in [0.2, 0.25) is 0 Å². The van der Waals surface area contributed by atoms with Gasteiger partial charge in [-0.25, -0.2) is 0 Å². The fraction of sp³-hybridized carbons (Fsp3) is 0.389. The number of hydrogen-bond acceptors (Lipinski definition) is 2. The van der Waals surface area contributed by atoms with Crippen molar-refractivity contribution in [2.24, 2.45) is 0 Å². The van der Waals surface area contributed by atoms with Crippen molar-refractivity contribution < 1.29 is 0 Å². The highest BCUT2D eigenvalue weighted by Crippen LogP contribution is 2.13. The Kier molecular flexibility index (Phi) is 5.31. The summed E-state index contributed by atoms with van der Waals surface area (Å²) < 4.78 is 0. The van der Waals surface area contributed by atoms with E-state index in [1.165, 1.54) is 16.7 Å². The van der Waals surface area contributed by atoms with Crippen molar-refractivity contribution in [3.8, 4) is 0 Å². The van der Waals surface area contributed by atoms with Crippen LogP contribution in [0.2, 0.25) is 0 Å². The van der Waals surface area contributed by atoms with Crippen LogP contribution in [0.4, 0.5) is 0 Å². The summed E-state index contributed by atoms with van der Waals surface area (Å²) in [4.78, 5) is 4.43. The standard InChI is InChI=1S/C18H24N2/c1-4-19-18(13-17-7-5-6-10-20-17)12-16-9-8-14(2)15(3)11-16/h5-11,18-19H,4,12-13H2,1-3H3. The number of likely N-dealkylation sites (N-methyl/N-ethyl adjacent to an activating group) is 1. The molecule has 1 N–H and O–H groups in total. The van der Waals surface area contributed by atoms with E-state index >= 15 is 0 Å². The van der Waals surface area contributed by atoms with Crippen LogP contribution in [0.3, 0.4) is 0 Å². The summed E-state index contributed by atoms with van der Waals surface area (Å²) in [7, 11) is 0. The predicted octanol–water partition coefficient (Wildman–Crippen LogP) is 3.46. The van der Waals surface area contributed by atoms with Gasteiger partial charge in [-0.2, -0.15) is 0 Å². The highest BCUT2D eigenvalue weighted by Gasteiger charge is 2.10. The van der Waals surface area contributed by atoms with Crippen molar-refractivity contribution in [2.45, 2.75) is 39.7 Å². The zero-order valence-electron chi connectivity index (χ0n) is 12.7. The van der Waals surface area contributed by atoms with Crippen molar-refractivity contribution >= 4 is 0 Å². The van der Waals surface area contributed by atoms with Crippen molar-refractivity contribution in [2.75, 3.05) is 6.54 Å². The number of nitrogens with zero attached hydrogens (tertiary/aromatic N) is 1. The minimum atomic E-state index is 0.442. The fourth-order valence-electron chi connectivity index (χ4n) is 2.49. The van der Waals surface area contributed by atoms with E-state index < -0.39 is 0 Å². The molecule has 0 aliphatic heterocycles. The van der Waals surface area contributed by atoms with E-state index in [2.05, 4.69) is 61.4 Å². The number of aromatic nitrogens is 1. The Labute approximate surface area is 122 Å². The number of pyridine rings is 1. The molecule has 1 aromatic carbocycles. The quantitative estimate of drug-likeness (QED) is 0.868. The minimum Gasteiger partial charge on any atom is -0.314 e. The molecular formula is C18H24N2. The molecule has 1 unspecified atom stereocenters. The lowest BCUT2D eigenvalue weighted by atomic mass is 9.98. The lowest BCUT2D eigenvalue weighted by Gasteiger charge is -2.18. The summed E-state index contributed by atoms with van der Waals surface area (Å²) in [5.74, 6) is 0. The normalized spacial score (nSPS) is 12.3. The van der Waals surface area contributed by atoms with Gasteiger partial charge in [-0.05, 0) is 55.6 Å². The number of hydrogen-bond donors (Lipinski definition) is 1. The topological polar surface area (TPSA) is 24.9 Å². The summed E-state index contributed by atoms with van der Waals surface area (Å²) in [6.45, 7) is 7.49. The molecule has 106 valence electrons. The molecule has 0 spiro atoms. The molecule has 2 rings (SSSR count). The van der Waals surface area contributed by atoms with Crippen LogP contribution in [0.1, 0.15) is 29.3 Å². The number of nitrogens with one attached hydrogen (secondary N) is 1. The van der Waals surface area contributed by atoms with Crippen LogP contribution in [-0.2, 0) is 12.8 Å². The maximum atomic E-state index is 4.43. The minimum absolute atomic E-state index is 0.442. The van der Waals surface area contributed by atoms with Crippen LogP contribution < -0.4 is 5.32 Å². The molecule has 0 fully saturated rings. The molecule has 20 heavy (non-hydrogen) atoms. The Hall–Kier alpha value is -1.67. The van der Waals surface area contributed by atoms with Crippen LogP contribution in [0.5, 0.6) is 0 Å². The van der Waals surface area contributed by atoms with Gasteiger partial charge in [-0.15, -0.1) is 0 Å². The monoisotopic (exact) mass is 268 g/mol.